The smallest absolute Gasteiger partial charge is 0.133 e. The van der Waals surface area contributed by atoms with Gasteiger partial charge in [0.15, 0.2) is 0 Å². The Morgan fingerprint density at radius 2 is 2.06 bits per heavy atom. The number of imidazole rings is 1. The third-order valence-corrected chi connectivity index (χ3v) is 7.40. The van der Waals surface area contributed by atoms with Crippen molar-refractivity contribution < 1.29 is 14.2 Å². The topological polar surface area (TPSA) is 56.4 Å². The number of unbranched alkanes of at least 4 members (excludes halogenated alkanes) is 1. The van der Waals surface area contributed by atoms with E-state index in [1.165, 1.54) is 16.7 Å². The first-order chi connectivity index (χ1) is 15.7. The number of aromatic amines is 1. The van der Waals surface area contributed by atoms with E-state index >= 15 is 0 Å². The predicted molar refractivity (Wildman–Crippen MR) is 133 cm³/mol. The summed E-state index contributed by atoms with van der Waals surface area (Å²) in [6.45, 7) is 14.6. The highest BCUT2D eigenvalue weighted by molar-refractivity contribution is 5.65. The minimum atomic E-state index is -0.260. The van der Waals surface area contributed by atoms with Crippen molar-refractivity contribution >= 4 is 5.57 Å². The monoisotopic (exact) mass is 452 g/mol. The molecule has 1 aliphatic carbocycles. The average Bonchev–Trinajstić information content (AvgIpc) is 3.21. The van der Waals surface area contributed by atoms with Gasteiger partial charge in [0.1, 0.15) is 22.9 Å². The second kappa shape index (κ2) is 9.17. The van der Waals surface area contributed by atoms with E-state index in [1.54, 1.807) is 7.11 Å². The van der Waals surface area contributed by atoms with Crippen molar-refractivity contribution in [2.24, 2.45) is 5.92 Å². The molecule has 2 aliphatic rings. The van der Waals surface area contributed by atoms with Gasteiger partial charge in [0.2, 0.25) is 0 Å². The zero-order valence-electron chi connectivity index (χ0n) is 21.4. The summed E-state index contributed by atoms with van der Waals surface area (Å²) in [6.07, 6.45) is 8.38. The number of aryl methyl sites for hydroxylation is 1. The molecule has 33 heavy (non-hydrogen) atoms. The van der Waals surface area contributed by atoms with Crippen LogP contribution in [0.3, 0.4) is 0 Å². The van der Waals surface area contributed by atoms with Crippen LogP contribution in [0.15, 0.2) is 24.4 Å². The van der Waals surface area contributed by atoms with Crippen LogP contribution in [0.5, 0.6) is 11.5 Å². The number of ether oxygens (including phenoxy) is 3. The molecule has 1 aliphatic heterocycles. The van der Waals surface area contributed by atoms with Gasteiger partial charge in [0.05, 0.1) is 13.7 Å². The van der Waals surface area contributed by atoms with Crippen LogP contribution in [-0.2, 0) is 10.2 Å². The van der Waals surface area contributed by atoms with Gasteiger partial charge in [-0.05, 0) is 63.3 Å². The molecule has 2 heterocycles. The number of H-pyrrole nitrogens is 1. The molecule has 5 nitrogen and oxygen atoms in total. The Kier molecular flexibility index (Phi) is 6.63. The molecule has 2 atom stereocenters. The maximum atomic E-state index is 6.68. The number of benzene rings is 1. The first-order valence-electron chi connectivity index (χ1n) is 12.4. The molecule has 0 saturated carbocycles. The van der Waals surface area contributed by atoms with Gasteiger partial charge in [-0.3, -0.25) is 0 Å². The first kappa shape index (κ1) is 23.9. The summed E-state index contributed by atoms with van der Waals surface area (Å²) < 4.78 is 18.7. The maximum absolute atomic E-state index is 6.68. The molecule has 0 spiro atoms. The molecule has 0 fully saturated rings. The second-order valence-electron chi connectivity index (χ2n) is 10.9. The summed E-state index contributed by atoms with van der Waals surface area (Å²) in [5.41, 5.74) is 4.36. The lowest BCUT2D eigenvalue weighted by molar-refractivity contribution is 0.00888. The lowest BCUT2D eigenvalue weighted by atomic mass is 9.66. The van der Waals surface area contributed by atoms with Crippen LogP contribution in [0.25, 0.3) is 5.57 Å². The van der Waals surface area contributed by atoms with Crippen molar-refractivity contribution in [2.45, 2.75) is 84.2 Å². The molecular formula is C28H40N2O3. The predicted octanol–water partition coefficient (Wildman–Crippen LogP) is 6.57. The molecule has 2 aromatic rings. The summed E-state index contributed by atoms with van der Waals surface area (Å²) in [6, 6.07) is 4.43. The third kappa shape index (κ3) is 4.70. The lowest BCUT2D eigenvalue weighted by Gasteiger charge is -2.47. The highest BCUT2D eigenvalue weighted by atomic mass is 16.5. The molecule has 5 heteroatoms. The van der Waals surface area contributed by atoms with Crippen LogP contribution in [0.4, 0.5) is 0 Å². The summed E-state index contributed by atoms with van der Waals surface area (Å²) in [5, 5.41) is 0. The number of hydrogen-bond donors (Lipinski definition) is 1. The largest absolute Gasteiger partial charge is 0.496 e. The Hall–Kier alpha value is -2.27. The highest BCUT2D eigenvalue weighted by Crippen LogP contribution is 2.55. The van der Waals surface area contributed by atoms with Crippen molar-refractivity contribution in [2.75, 3.05) is 20.3 Å². The van der Waals surface area contributed by atoms with Crippen LogP contribution < -0.4 is 9.47 Å². The maximum Gasteiger partial charge on any atom is 0.133 e. The van der Waals surface area contributed by atoms with Crippen LogP contribution in [0, 0.1) is 12.8 Å². The molecule has 0 unspecified atom stereocenters. The average molecular weight is 453 g/mol. The number of methoxy groups -OCH3 is 1. The number of fused-ring (bicyclic) bond motifs is 3. The van der Waals surface area contributed by atoms with Crippen molar-refractivity contribution in [3.8, 4) is 11.5 Å². The number of nitrogens with one attached hydrogen (secondary N) is 1. The SMILES string of the molecule is CCCCOCC(C)(C)c1cc(OC)c2c(c1)OC(C)(C)[C@@H]1CC=C(c3ncc(C)[nH]3)C[C@@H]21. The third-order valence-electron chi connectivity index (χ3n) is 7.40. The quantitative estimate of drug-likeness (QED) is 0.460. The Bertz CT molecular complexity index is 1020. The van der Waals surface area contributed by atoms with Crippen LogP contribution in [0.1, 0.15) is 88.9 Å². The highest BCUT2D eigenvalue weighted by Gasteiger charge is 2.47. The van der Waals surface area contributed by atoms with Gasteiger partial charge in [-0.15, -0.1) is 0 Å². The van der Waals surface area contributed by atoms with Gasteiger partial charge < -0.3 is 19.2 Å². The Labute approximate surface area is 198 Å². The van der Waals surface area contributed by atoms with Gasteiger partial charge in [0, 0.05) is 41.3 Å². The zero-order chi connectivity index (χ0) is 23.8. The number of aromatic nitrogens is 2. The second-order valence-corrected chi connectivity index (χ2v) is 10.9. The van der Waals surface area contributed by atoms with Crippen molar-refractivity contribution in [3.63, 3.8) is 0 Å². The minimum absolute atomic E-state index is 0.135. The lowest BCUT2D eigenvalue weighted by Crippen LogP contribution is -2.45. The van der Waals surface area contributed by atoms with Gasteiger partial charge in [-0.2, -0.15) is 0 Å². The molecule has 0 radical (unpaired) electrons. The fourth-order valence-electron chi connectivity index (χ4n) is 5.36. The minimum Gasteiger partial charge on any atom is -0.496 e. The van der Waals surface area contributed by atoms with Crippen molar-refractivity contribution in [1.82, 2.24) is 9.97 Å². The van der Waals surface area contributed by atoms with Crippen LogP contribution in [-0.4, -0.2) is 35.9 Å². The van der Waals surface area contributed by atoms with E-state index in [0.717, 1.165) is 55.3 Å². The first-order valence-corrected chi connectivity index (χ1v) is 12.4. The normalized spacial score (nSPS) is 21.6. The van der Waals surface area contributed by atoms with E-state index in [-0.39, 0.29) is 11.0 Å². The molecule has 0 amide bonds. The fourth-order valence-corrected chi connectivity index (χ4v) is 5.36. The van der Waals surface area contributed by atoms with Gasteiger partial charge >= 0.3 is 0 Å². The molecule has 4 rings (SSSR count). The van der Waals surface area contributed by atoms with Gasteiger partial charge in [-0.25, -0.2) is 4.98 Å². The van der Waals surface area contributed by atoms with E-state index in [4.69, 9.17) is 14.2 Å². The number of rotatable bonds is 8. The summed E-state index contributed by atoms with van der Waals surface area (Å²) in [5.74, 6) is 3.57. The molecule has 1 aromatic heterocycles. The molecule has 0 saturated heterocycles. The summed E-state index contributed by atoms with van der Waals surface area (Å²) >= 11 is 0. The standard InChI is InChI=1S/C28H40N2O3/c1-8-9-12-32-17-27(3,4)20-14-23(31-7)25-21-13-19(26-29-16-18(2)30-26)10-11-22(21)28(5,6)33-24(25)15-20/h10,14-16,21-22H,8-9,11-13,17H2,1-7H3,(H,29,30)/t21-,22-/m1/s1. The molecule has 1 aromatic carbocycles. The fraction of sp³-hybridized carbons (Fsp3) is 0.607. The zero-order valence-corrected chi connectivity index (χ0v) is 21.4. The number of nitrogens with zero attached hydrogens (tertiary/aromatic N) is 1. The summed E-state index contributed by atoms with van der Waals surface area (Å²) in [4.78, 5) is 8.02. The molecule has 0 bridgehead atoms. The molecule has 180 valence electrons. The molecular weight excluding hydrogens is 412 g/mol. The van der Waals surface area contributed by atoms with E-state index in [1.807, 2.05) is 13.1 Å². The number of hydrogen-bond acceptors (Lipinski definition) is 4. The van der Waals surface area contributed by atoms with Gasteiger partial charge in [0.25, 0.3) is 0 Å². The van der Waals surface area contributed by atoms with Crippen molar-refractivity contribution in [1.29, 1.82) is 0 Å². The van der Waals surface area contributed by atoms with Crippen molar-refractivity contribution in [3.05, 3.63) is 47.1 Å². The van der Waals surface area contributed by atoms with E-state index in [0.29, 0.717) is 18.4 Å². The van der Waals surface area contributed by atoms with Crippen LogP contribution >= 0.6 is 0 Å². The van der Waals surface area contributed by atoms with Gasteiger partial charge in [-0.1, -0.05) is 33.3 Å². The van der Waals surface area contributed by atoms with E-state index in [2.05, 4.69) is 62.8 Å². The van der Waals surface area contributed by atoms with Crippen LogP contribution in [0.2, 0.25) is 0 Å². The Morgan fingerprint density at radius 1 is 1.27 bits per heavy atom. The molecule has 1 N–H and O–H groups in total. The van der Waals surface area contributed by atoms with E-state index in [9.17, 15) is 0 Å². The van der Waals surface area contributed by atoms with E-state index < -0.39 is 0 Å². The summed E-state index contributed by atoms with van der Waals surface area (Å²) in [7, 11) is 1.77. The Balaban J connectivity index is 1.70. The Morgan fingerprint density at radius 3 is 2.73 bits per heavy atom. The number of allylic oxidation sites excluding steroid dienone is 2.